The van der Waals surface area contributed by atoms with E-state index in [1.54, 1.807) is 6.07 Å². The van der Waals surface area contributed by atoms with Gasteiger partial charge in [0, 0.05) is 24.8 Å². The maximum absolute atomic E-state index is 13.3. The maximum atomic E-state index is 13.3. The average molecular weight is 285 g/mol. The van der Waals surface area contributed by atoms with Gasteiger partial charge in [-0.1, -0.05) is 13.8 Å². The second kappa shape index (κ2) is 8.89. The quantitative estimate of drug-likeness (QED) is 0.729. The lowest BCUT2D eigenvalue weighted by Crippen LogP contribution is -2.25. The zero-order valence-electron chi connectivity index (χ0n) is 12.4. The van der Waals surface area contributed by atoms with E-state index in [9.17, 15) is 9.50 Å². The maximum Gasteiger partial charge on any atom is 0.124 e. The van der Waals surface area contributed by atoms with Gasteiger partial charge in [-0.15, -0.1) is 0 Å². The Labute approximate surface area is 119 Å². The highest BCUT2D eigenvalue weighted by Crippen LogP contribution is 2.20. The van der Waals surface area contributed by atoms with Gasteiger partial charge < -0.3 is 19.9 Å². The number of nitrogens with one attached hydrogen (secondary N) is 1. The summed E-state index contributed by atoms with van der Waals surface area (Å²) in [4.78, 5) is 0. The van der Waals surface area contributed by atoms with Crippen LogP contribution in [0.5, 0.6) is 5.75 Å². The van der Waals surface area contributed by atoms with Gasteiger partial charge in [0.15, 0.2) is 0 Å². The molecule has 4 nitrogen and oxygen atoms in total. The normalized spacial score (nSPS) is 12.7. The molecule has 0 spiro atoms. The van der Waals surface area contributed by atoms with Gasteiger partial charge in [0.2, 0.25) is 0 Å². The molecule has 0 heterocycles. The first-order valence-electron chi connectivity index (χ1n) is 6.93. The van der Waals surface area contributed by atoms with E-state index in [-0.39, 0.29) is 19.0 Å². The Morgan fingerprint density at radius 1 is 1.30 bits per heavy atom. The largest absolute Gasteiger partial charge is 0.490 e. The van der Waals surface area contributed by atoms with Crippen LogP contribution < -0.4 is 10.1 Å². The van der Waals surface area contributed by atoms with Crippen molar-refractivity contribution in [2.45, 2.75) is 39.5 Å². The summed E-state index contributed by atoms with van der Waals surface area (Å²) < 4.78 is 23.9. The number of aliphatic hydroxyl groups is 1. The number of hydrogen-bond donors (Lipinski definition) is 2. The smallest absolute Gasteiger partial charge is 0.124 e. The van der Waals surface area contributed by atoms with Gasteiger partial charge in [-0.3, -0.25) is 0 Å². The van der Waals surface area contributed by atoms with E-state index >= 15 is 0 Å². The molecule has 0 saturated carbocycles. The molecule has 1 atom stereocenters. The number of ether oxygens (including phenoxy) is 2. The third kappa shape index (κ3) is 6.32. The zero-order chi connectivity index (χ0) is 15.0. The Morgan fingerprint density at radius 3 is 2.70 bits per heavy atom. The molecular weight excluding hydrogens is 261 g/mol. The fourth-order valence-electron chi connectivity index (χ4n) is 1.63. The summed E-state index contributed by atoms with van der Waals surface area (Å²) in [7, 11) is 0. The predicted octanol–water partition coefficient (Wildman–Crippen LogP) is 2.10. The van der Waals surface area contributed by atoms with Crippen LogP contribution in [-0.2, 0) is 11.3 Å². The number of aliphatic hydroxyl groups excluding tert-OH is 1. The molecule has 2 N–H and O–H groups in total. The molecule has 1 unspecified atom stereocenters. The van der Waals surface area contributed by atoms with Gasteiger partial charge in [0.25, 0.3) is 0 Å². The Hall–Kier alpha value is -1.17. The lowest BCUT2D eigenvalue weighted by molar-refractivity contribution is 0.0162. The van der Waals surface area contributed by atoms with Crippen molar-refractivity contribution in [3.8, 4) is 5.75 Å². The molecule has 114 valence electrons. The summed E-state index contributed by atoms with van der Waals surface area (Å²) in [6.45, 7) is 7.33. The topological polar surface area (TPSA) is 50.7 Å². The molecule has 1 aromatic carbocycles. The lowest BCUT2D eigenvalue weighted by atomic mass is 10.2. The second-order valence-electron chi connectivity index (χ2n) is 4.91. The molecule has 0 bridgehead atoms. The molecule has 0 fully saturated rings. The van der Waals surface area contributed by atoms with Crippen LogP contribution >= 0.6 is 0 Å². The summed E-state index contributed by atoms with van der Waals surface area (Å²) >= 11 is 0. The standard InChI is InChI=1S/C15H24FNO3/c1-4-19-9-14(18)10-20-15-6-5-13(16)7-12(15)8-17-11(2)3/h5-7,11,14,17-18H,4,8-10H2,1-3H3. The van der Waals surface area contributed by atoms with E-state index in [1.165, 1.54) is 12.1 Å². The third-order valence-electron chi connectivity index (χ3n) is 2.67. The van der Waals surface area contributed by atoms with Crippen molar-refractivity contribution in [1.29, 1.82) is 0 Å². The van der Waals surface area contributed by atoms with Crippen LogP contribution in [0.15, 0.2) is 18.2 Å². The molecule has 0 aliphatic rings. The molecule has 0 aliphatic carbocycles. The molecule has 5 heteroatoms. The summed E-state index contributed by atoms with van der Waals surface area (Å²) in [5.41, 5.74) is 0.738. The summed E-state index contributed by atoms with van der Waals surface area (Å²) in [6.07, 6.45) is -0.689. The van der Waals surface area contributed by atoms with Gasteiger partial charge in [0.05, 0.1) is 6.61 Å². The van der Waals surface area contributed by atoms with E-state index in [1.807, 2.05) is 20.8 Å². The first-order chi connectivity index (χ1) is 9.52. The van der Waals surface area contributed by atoms with Crippen LogP contribution in [-0.4, -0.2) is 37.1 Å². The van der Waals surface area contributed by atoms with Crippen LogP contribution in [0, 0.1) is 5.82 Å². The molecule has 0 radical (unpaired) electrons. The molecule has 0 aromatic heterocycles. The van der Waals surface area contributed by atoms with Crippen LogP contribution in [0.1, 0.15) is 26.3 Å². The van der Waals surface area contributed by atoms with Crippen LogP contribution in [0.3, 0.4) is 0 Å². The molecule has 20 heavy (non-hydrogen) atoms. The Bertz CT molecular complexity index is 399. The first-order valence-corrected chi connectivity index (χ1v) is 6.93. The van der Waals surface area contributed by atoms with Gasteiger partial charge >= 0.3 is 0 Å². The zero-order valence-corrected chi connectivity index (χ0v) is 12.4. The molecule has 0 aliphatic heterocycles. The van der Waals surface area contributed by atoms with Gasteiger partial charge in [-0.25, -0.2) is 4.39 Å². The van der Waals surface area contributed by atoms with Gasteiger partial charge in [-0.05, 0) is 25.1 Å². The molecule has 0 amide bonds. The third-order valence-corrected chi connectivity index (χ3v) is 2.67. The van der Waals surface area contributed by atoms with Crippen molar-refractivity contribution < 1.29 is 19.0 Å². The SMILES string of the molecule is CCOCC(O)COc1ccc(F)cc1CNC(C)C. The molecule has 1 rings (SSSR count). The van der Waals surface area contributed by atoms with Gasteiger partial charge in [0.1, 0.15) is 24.3 Å². The number of hydrogen-bond acceptors (Lipinski definition) is 4. The average Bonchev–Trinajstić information content (AvgIpc) is 2.41. The minimum Gasteiger partial charge on any atom is -0.490 e. The van der Waals surface area contributed by atoms with Gasteiger partial charge in [-0.2, -0.15) is 0 Å². The van der Waals surface area contributed by atoms with E-state index in [4.69, 9.17) is 9.47 Å². The fourth-order valence-corrected chi connectivity index (χ4v) is 1.63. The highest BCUT2D eigenvalue weighted by Gasteiger charge is 2.09. The van der Waals surface area contributed by atoms with Crippen LogP contribution in [0.25, 0.3) is 0 Å². The van der Waals surface area contributed by atoms with Crippen molar-refractivity contribution in [2.24, 2.45) is 0 Å². The highest BCUT2D eigenvalue weighted by atomic mass is 19.1. The van der Waals surface area contributed by atoms with Crippen molar-refractivity contribution in [3.05, 3.63) is 29.6 Å². The Morgan fingerprint density at radius 2 is 2.05 bits per heavy atom. The highest BCUT2D eigenvalue weighted by molar-refractivity contribution is 5.34. The Balaban J connectivity index is 2.59. The minimum absolute atomic E-state index is 0.125. The summed E-state index contributed by atoms with van der Waals surface area (Å²) in [6, 6.07) is 4.68. The van der Waals surface area contributed by atoms with E-state index in [2.05, 4.69) is 5.32 Å². The monoisotopic (exact) mass is 285 g/mol. The number of benzene rings is 1. The van der Waals surface area contributed by atoms with Crippen molar-refractivity contribution in [1.82, 2.24) is 5.32 Å². The number of halogens is 1. The number of rotatable bonds is 9. The minimum atomic E-state index is -0.689. The van der Waals surface area contributed by atoms with Crippen LogP contribution in [0.2, 0.25) is 0 Å². The van der Waals surface area contributed by atoms with Crippen molar-refractivity contribution >= 4 is 0 Å². The van der Waals surface area contributed by atoms with E-state index in [0.29, 0.717) is 24.9 Å². The Kier molecular flexibility index (Phi) is 7.51. The molecule has 0 saturated heterocycles. The van der Waals surface area contributed by atoms with Crippen LogP contribution in [0.4, 0.5) is 4.39 Å². The van der Waals surface area contributed by atoms with E-state index < -0.39 is 6.10 Å². The first kappa shape index (κ1) is 16.9. The second-order valence-corrected chi connectivity index (χ2v) is 4.91. The summed E-state index contributed by atoms with van der Waals surface area (Å²) in [5.74, 6) is 0.280. The van der Waals surface area contributed by atoms with Crippen molar-refractivity contribution in [3.63, 3.8) is 0 Å². The fraction of sp³-hybridized carbons (Fsp3) is 0.600. The van der Waals surface area contributed by atoms with Crippen molar-refractivity contribution in [2.75, 3.05) is 19.8 Å². The molecule has 1 aromatic rings. The predicted molar refractivity (Wildman–Crippen MR) is 76.4 cm³/mol. The molecular formula is C15H24FNO3. The van der Waals surface area contributed by atoms with E-state index in [0.717, 1.165) is 5.56 Å². The lowest BCUT2D eigenvalue weighted by Gasteiger charge is -2.16. The summed E-state index contributed by atoms with van der Waals surface area (Å²) in [5, 5.41) is 12.9.